The van der Waals surface area contributed by atoms with Gasteiger partial charge in [0.25, 0.3) is 0 Å². The number of hydrogen-bond acceptors (Lipinski definition) is 6. The summed E-state index contributed by atoms with van der Waals surface area (Å²) in [5, 5.41) is 11.6. The van der Waals surface area contributed by atoms with Gasteiger partial charge in [0, 0.05) is 19.6 Å². The molecule has 1 aromatic carbocycles. The van der Waals surface area contributed by atoms with E-state index in [4.69, 9.17) is 9.84 Å². The van der Waals surface area contributed by atoms with Crippen LogP contribution in [0.15, 0.2) is 29.2 Å². The summed E-state index contributed by atoms with van der Waals surface area (Å²) in [5.74, 6) is -1.41. The Hall–Kier alpha value is -2.01. The van der Waals surface area contributed by atoms with Crippen LogP contribution >= 0.6 is 0 Å². The highest BCUT2D eigenvalue weighted by Gasteiger charge is 2.28. The molecule has 1 aliphatic heterocycles. The van der Waals surface area contributed by atoms with Gasteiger partial charge in [-0.1, -0.05) is 18.2 Å². The zero-order chi connectivity index (χ0) is 20.0. The van der Waals surface area contributed by atoms with E-state index in [0.717, 1.165) is 0 Å². The lowest BCUT2D eigenvalue weighted by Gasteiger charge is -2.27. The number of carbonyl (C=O) groups is 2. The molecule has 0 bridgehead atoms. The first-order valence-corrected chi connectivity index (χ1v) is 10.0. The van der Waals surface area contributed by atoms with Crippen molar-refractivity contribution in [2.45, 2.75) is 24.4 Å². The van der Waals surface area contributed by atoms with Crippen LogP contribution in [-0.2, 0) is 30.9 Å². The number of sulfonamides is 1. The molecule has 0 spiro atoms. The number of rotatable bonds is 8. The molecule has 150 valence electrons. The van der Waals surface area contributed by atoms with Crippen molar-refractivity contribution >= 4 is 21.9 Å². The summed E-state index contributed by atoms with van der Waals surface area (Å²) >= 11 is 0. The minimum Gasteiger partial charge on any atom is -0.480 e. The Labute approximate surface area is 159 Å². The molecule has 1 unspecified atom stereocenters. The summed E-state index contributed by atoms with van der Waals surface area (Å²) in [4.78, 5) is 24.6. The fourth-order valence-electron chi connectivity index (χ4n) is 2.63. The van der Waals surface area contributed by atoms with Crippen molar-refractivity contribution in [1.29, 1.82) is 0 Å². The Kier molecular flexibility index (Phi) is 7.31. The molecular formula is C17H25N3O6S. The smallest absolute Gasteiger partial charge is 0.320 e. The van der Waals surface area contributed by atoms with Crippen LogP contribution in [0.4, 0.5) is 0 Å². The standard InChI is InChI=1S/C17H25N3O6S/c1-13(17(22)23)19(2)12-16(21)18-11-14-5-3-4-6-15(14)27(24,25)20-7-9-26-10-8-20/h3-6,13H,7-12H2,1-2H3,(H,18,21)(H,22,23). The average molecular weight is 399 g/mol. The van der Waals surface area contributed by atoms with E-state index in [-0.39, 0.29) is 23.9 Å². The number of carbonyl (C=O) groups excluding carboxylic acids is 1. The molecule has 0 aromatic heterocycles. The third-order valence-electron chi connectivity index (χ3n) is 4.45. The van der Waals surface area contributed by atoms with Gasteiger partial charge in [-0.25, -0.2) is 8.42 Å². The maximum absolute atomic E-state index is 12.9. The van der Waals surface area contributed by atoms with E-state index in [1.165, 1.54) is 29.2 Å². The second-order valence-electron chi connectivity index (χ2n) is 6.33. The van der Waals surface area contributed by atoms with Crippen LogP contribution in [0.5, 0.6) is 0 Å². The first kappa shape index (κ1) is 21.3. The van der Waals surface area contributed by atoms with E-state index in [1.807, 2.05) is 0 Å². The molecule has 0 aliphatic carbocycles. The zero-order valence-corrected chi connectivity index (χ0v) is 16.2. The Balaban J connectivity index is 2.05. The molecule has 1 heterocycles. The van der Waals surface area contributed by atoms with Crippen LogP contribution in [0.2, 0.25) is 0 Å². The average Bonchev–Trinajstić information content (AvgIpc) is 2.66. The summed E-state index contributed by atoms with van der Waals surface area (Å²) < 4.78 is 32.3. The van der Waals surface area contributed by atoms with E-state index >= 15 is 0 Å². The maximum atomic E-state index is 12.9. The lowest BCUT2D eigenvalue weighted by Crippen LogP contribution is -2.43. The largest absolute Gasteiger partial charge is 0.480 e. The van der Waals surface area contributed by atoms with E-state index in [0.29, 0.717) is 31.9 Å². The monoisotopic (exact) mass is 399 g/mol. The van der Waals surface area contributed by atoms with Crippen LogP contribution < -0.4 is 5.32 Å². The van der Waals surface area contributed by atoms with Crippen LogP contribution in [0.1, 0.15) is 12.5 Å². The molecule has 2 N–H and O–H groups in total. The Morgan fingerprint density at radius 3 is 2.56 bits per heavy atom. The molecule has 1 saturated heterocycles. The number of likely N-dealkylation sites (N-methyl/N-ethyl adjacent to an activating group) is 1. The Bertz CT molecular complexity index is 777. The topological polar surface area (TPSA) is 116 Å². The number of benzene rings is 1. The van der Waals surface area contributed by atoms with Gasteiger partial charge in [0.1, 0.15) is 6.04 Å². The zero-order valence-electron chi connectivity index (χ0n) is 15.4. The molecule has 9 nitrogen and oxygen atoms in total. The van der Waals surface area contributed by atoms with E-state index in [2.05, 4.69) is 5.32 Å². The van der Waals surface area contributed by atoms with Gasteiger partial charge < -0.3 is 15.2 Å². The van der Waals surface area contributed by atoms with Gasteiger partial charge >= 0.3 is 5.97 Å². The molecule has 1 aliphatic rings. The lowest BCUT2D eigenvalue weighted by molar-refractivity contribution is -0.142. The van der Waals surface area contributed by atoms with Crippen molar-refractivity contribution in [3.8, 4) is 0 Å². The highest BCUT2D eigenvalue weighted by atomic mass is 32.2. The normalized spacial score (nSPS) is 16.9. The number of aliphatic carboxylic acids is 1. The molecular weight excluding hydrogens is 374 g/mol. The summed E-state index contributed by atoms with van der Waals surface area (Å²) in [6.45, 7) is 2.71. The molecule has 0 radical (unpaired) electrons. The number of morpholine rings is 1. The second kappa shape index (κ2) is 9.27. The highest BCUT2D eigenvalue weighted by Crippen LogP contribution is 2.21. The fourth-order valence-corrected chi connectivity index (χ4v) is 4.26. The Morgan fingerprint density at radius 1 is 1.30 bits per heavy atom. The molecule has 27 heavy (non-hydrogen) atoms. The van der Waals surface area contributed by atoms with Gasteiger partial charge in [-0.3, -0.25) is 14.5 Å². The van der Waals surface area contributed by atoms with E-state index in [9.17, 15) is 18.0 Å². The molecule has 10 heteroatoms. The third kappa shape index (κ3) is 5.48. The number of carboxylic acids is 1. The van der Waals surface area contributed by atoms with Crippen LogP contribution in [-0.4, -0.2) is 80.5 Å². The predicted octanol–water partition coefficient (Wildman–Crippen LogP) is -0.271. The number of hydrogen-bond donors (Lipinski definition) is 2. The molecule has 1 fully saturated rings. The van der Waals surface area contributed by atoms with Gasteiger partial charge in [0.15, 0.2) is 0 Å². The fraction of sp³-hybridized carbons (Fsp3) is 0.529. The van der Waals surface area contributed by atoms with Crippen LogP contribution in [0.3, 0.4) is 0 Å². The van der Waals surface area contributed by atoms with Gasteiger partial charge in [0.05, 0.1) is 24.7 Å². The first-order valence-electron chi connectivity index (χ1n) is 8.59. The van der Waals surface area contributed by atoms with Crippen LogP contribution in [0, 0.1) is 0 Å². The predicted molar refractivity (Wildman–Crippen MR) is 97.6 cm³/mol. The molecule has 1 aromatic rings. The molecule has 1 amide bonds. The van der Waals surface area contributed by atoms with E-state index in [1.54, 1.807) is 18.2 Å². The number of carboxylic acid groups (broad SMARTS) is 1. The molecule has 2 rings (SSSR count). The number of nitrogens with one attached hydrogen (secondary N) is 1. The van der Waals surface area contributed by atoms with Gasteiger partial charge in [-0.05, 0) is 25.6 Å². The summed E-state index contributed by atoms with van der Waals surface area (Å²) in [5.41, 5.74) is 0.478. The SMILES string of the molecule is CC(C(=O)O)N(C)CC(=O)NCc1ccccc1S(=O)(=O)N1CCOCC1. The number of ether oxygens (including phenoxy) is 1. The summed E-state index contributed by atoms with van der Waals surface area (Å²) in [6.07, 6.45) is 0. The lowest BCUT2D eigenvalue weighted by atomic mass is 10.2. The van der Waals surface area contributed by atoms with Crippen LogP contribution in [0.25, 0.3) is 0 Å². The molecule has 1 atom stereocenters. The van der Waals surface area contributed by atoms with Crippen molar-refractivity contribution < 1.29 is 27.9 Å². The minimum atomic E-state index is -3.67. The van der Waals surface area contributed by atoms with Crippen molar-refractivity contribution in [2.24, 2.45) is 0 Å². The minimum absolute atomic E-state index is 0.0356. The third-order valence-corrected chi connectivity index (χ3v) is 6.45. The van der Waals surface area contributed by atoms with Crippen molar-refractivity contribution in [3.63, 3.8) is 0 Å². The van der Waals surface area contributed by atoms with Gasteiger partial charge in [-0.2, -0.15) is 4.31 Å². The number of nitrogens with zero attached hydrogens (tertiary/aromatic N) is 2. The highest BCUT2D eigenvalue weighted by molar-refractivity contribution is 7.89. The van der Waals surface area contributed by atoms with Crippen molar-refractivity contribution in [2.75, 3.05) is 39.9 Å². The van der Waals surface area contributed by atoms with Crippen molar-refractivity contribution in [1.82, 2.24) is 14.5 Å². The second-order valence-corrected chi connectivity index (χ2v) is 8.24. The summed E-state index contributed by atoms with van der Waals surface area (Å²) in [6, 6.07) is 5.71. The van der Waals surface area contributed by atoms with E-state index < -0.39 is 22.0 Å². The van der Waals surface area contributed by atoms with Crippen molar-refractivity contribution in [3.05, 3.63) is 29.8 Å². The summed E-state index contributed by atoms with van der Waals surface area (Å²) in [7, 11) is -2.14. The first-order chi connectivity index (χ1) is 12.7. The Morgan fingerprint density at radius 2 is 1.93 bits per heavy atom. The maximum Gasteiger partial charge on any atom is 0.320 e. The van der Waals surface area contributed by atoms with Gasteiger partial charge in [0.2, 0.25) is 15.9 Å². The van der Waals surface area contributed by atoms with Gasteiger partial charge in [-0.15, -0.1) is 0 Å². The quantitative estimate of drug-likeness (QED) is 0.618. The number of amides is 1. The molecule has 0 saturated carbocycles.